The van der Waals surface area contributed by atoms with Gasteiger partial charge < -0.3 is 25.0 Å². The SMILES string of the molecule is CCNC(=NCc1ccc(COC2CCOCC2)cc1)NC1CCN(C(=O)CC)C1. The normalized spacial score (nSPS) is 20.4. The predicted octanol–water partition coefficient (Wildman–Crippen LogP) is 2.45. The minimum absolute atomic E-state index is 0.224. The van der Waals surface area contributed by atoms with E-state index in [4.69, 9.17) is 14.5 Å². The Morgan fingerprint density at radius 1 is 1.17 bits per heavy atom. The molecule has 2 fully saturated rings. The van der Waals surface area contributed by atoms with Crippen LogP contribution in [-0.2, 0) is 27.4 Å². The Labute approximate surface area is 180 Å². The van der Waals surface area contributed by atoms with Crippen LogP contribution in [0.3, 0.4) is 0 Å². The fraction of sp³-hybridized carbons (Fsp3) is 0.652. The number of guanidine groups is 1. The molecule has 166 valence electrons. The molecule has 0 aliphatic carbocycles. The van der Waals surface area contributed by atoms with Crippen molar-refractivity contribution < 1.29 is 14.3 Å². The Bertz CT molecular complexity index is 686. The van der Waals surface area contributed by atoms with Crippen LogP contribution >= 0.6 is 0 Å². The summed E-state index contributed by atoms with van der Waals surface area (Å²) in [4.78, 5) is 18.5. The van der Waals surface area contributed by atoms with Gasteiger partial charge in [0.1, 0.15) is 0 Å². The Morgan fingerprint density at radius 2 is 1.90 bits per heavy atom. The second-order valence-corrected chi connectivity index (χ2v) is 7.96. The lowest BCUT2D eigenvalue weighted by molar-refractivity contribution is -0.129. The van der Waals surface area contributed by atoms with Gasteiger partial charge >= 0.3 is 0 Å². The molecule has 1 amide bonds. The molecule has 0 aromatic heterocycles. The minimum atomic E-state index is 0.224. The van der Waals surface area contributed by atoms with Gasteiger partial charge in [0.05, 0.1) is 19.3 Å². The molecule has 0 radical (unpaired) electrons. The summed E-state index contributed by atoms with van der Waals surface area (Å²) in [6, 6.07) is 8.73. The quantitative estimate of drug-likeness (QED) is 0.503. The van der Waals surface area contributed by atoms with Crippen LogP contribution in [0.15, 0.2) is 29.3 Å². The highest BCUT2D eigenvalue weighted by Gasteiger charge is 2.25. The highest BCUT2D eigenvalue weighted by Crippen LogP contribution is 2.14. The van der Waals surface area contributed by atoms with Crippen molar-refractivity contribution in [1.29, 1.82) is 0 Å². The van der Waals surface area contributed by atoms with Crippen LogP contribution in [0, 0.1) is 0 Å². The number of likely N-dealkylation sites (tertiary alicyclic amines) is 1. The van der Waals surface area contributed by atoms with E-state index in [0.29, 0.717) is 25.7 Å². The number of aliphatic imine (C=N–C) groups is 1. The lowest BCUT2D eigenvalue weighted by atomic mass is 10.1. The van der Waals surface area contributed by atoms with Crippen molar-refractivity contribution in [1.82, 2.24) is 15.5 Å². The summed E-state index contributed by atoms with van der Waals surface area (Å²) in [5.41, 5.74) is 2.35. The maximum absolute atomic E-state index is 11.9. The number of rotatable bonds is 8. The van der Waals surface area contributed by atoms with Gasteiger partial charge in [-0.1, -0.05) is 31.2 Å². The van der Waals surface area contributed by atoms with Crippen LogP contribution in [-0.4, -0.2) is 61.8 Å². The van der Waals surface area contributed by atoms with Gasteiger partial charge in [0.15, 0.2) is 5.96 Å². The zero-order valence-electron chi connectivity index (χ0n) is 18.4. The molecule has 2 heterocycles. The number of ether oxygens (including phenoxy) is 2. The smallest absolute Gasteiger partial charge is 0.222 e. The third-order valence-electron chi connectivity index (χ3n) is 5.63. The molecule has 3 rings (SSSR count). The lowest BCUT2D eigenvalue weighted by Gasteiger charge is -2.22. The molecule has 0 spiro atoms. The van der Waals surface area contributed by atoms with Crippen LogP contribution in [0.1, 0.15) is 50.7 Å². The van der Waals surface area contributed by atoms with Crippen molar-refractivity contribution in [2.75, 3.05) is 32.8 Å². The number of nitrogens with one attached hydrogen (secondary N) is 2. The first-order valence-corrected chi connectivity index (χ1v) is 11.3. The monoisotopic (exact) mass is 416 g/mol. The summed E-state index contributed by atoms with van der Waals surface area (Å²) in [7, 11) is 0. The Kier molecular flexibility index (Phi) is 8.96. The van der Waals surface area contributed by atoms with E-state index in [9.17, 15) is 4.79 Å². The van der Waals surface area contributed by atoms with E-state index in [-0.39, 0.29) is 11.9 Å². The van der Waals surface area contributed by atoms with Gasteiger partial charge in [-0.05, 0) is 37.3 Å². The van der Waals surface area contributed by atoms with Crippen molar-refractivity contribution in [3.63, 3.8) is 0 Å². The number of carbonyl (C=O) groups is 1. The lowest BCUT2D eigenvalue weighted by Crippen LogP contribution is -2.45. The largest absolute Gasteiger partial charge is 0.381 e. The molecule has 2 aliphatic heterocycles. The summed E-state index contributed by atoms with van der Waals surface area (Å²) in [6.07, 6.45) is 3.81. The standard InChI is InChI=1S/C23H36N4O3/c1-3-22(28)27-12-9-20(16-27)26-23(24-4-2)25-15-18-5-7-19(8-6-18)17-30-21-10-13-29-14-11-21/h5-8,20-21H,3-4,9-17H2,1-2H3,(H2,24,25,26). The predicted molar refractivity (Wildman–Crippen MR) is 118 cm³/mol. The molecular formula is C23H36N4O3. The first kappa shape index (κ1) is 22.6. The summed E-state index contributed by atoms with van der Waals surface area (Å²) >= 11 is 0. The fourth-order valence-corrected chi connectivity index (χ4v) is 3.81. The van der Waals surface area contributed by atoms with Crippen molar-refractivity contribution in [2.45, 2.75) is 64.8 Å². The average Bonchev–Trinajstić information content (AvgIpc) is 3.25. The third-order valence-corrected chi connectivity index (χ3v) is 5.63. The van der Waals surface area contributed by atoms with Gasteiger partial charge in [-0.3, -0.25) is 4.79 Å². The maximum atomic E-state index is 11.9. The summed E-state index contributed by atoms with van der Waals surface area (Å²) in [5.74, 6) is 1.03. The van der Waals surface area contributed by atoms with Gasteiger partial charge in [0.25, 0.3) is 0 Å². The van der Waals surface area contributed by atoms with E-state index in [2.05, 4.69) is 41.8 Å². The molecule has 1 aromatic rings. The Hall–Kier alpha value is -2.12. The van der Waals surface area contributed by atoms with E-state index in [1.54, 1.807) is 0 Å². The summed E-state index contributed by atoms with van der Waals surface area (Å²) < 4.78 is 11.4. The molecule has 1 atom stereocenters. The van der Waals surface area contributed by atoms with E-state index < -0.39 is 0 Å². The number of nitrogens with zero attached hydrogens (tertiary/aromatic N) is 2. The topological polar surface area (TPSA) is 75.2 Å². The molecule has 2 aliphatic rings. The second-order valence-electron chi connectivity index (χ2n) is 7.96. The van der Waals surface area contributed by atoms with Gasteiger partial charge in [0.2, 0.25) is 5.91 Å². The molecule has 7 nitrogen and oxygen atoms in total. The number of benzene rings is 1. The molecule has 1 aromatic carbocycles. The van der Waals surface area contributed by atoms with Crippen molar-refractivity contribution >= 4 is 11.9 Å². The van der Waals surface area contributed by atoms with Gasteiger partial charge in [0, 0.05) is 45.3 Å². The number of amides is 1. The van der Waals surface area contributed by atoms with Crippen molar-refractivity contribution in [3.05, 3.63) is 35.4 Å². The van der Waals surface area contributed by atoms with Crippen LogP contribution in [0.5, 0.6) is 0 Å². The summed E-state index contributed by atoms with van der Waals surface area (Å²) in [6.45, 7) is 9.21. The fourth-order valence-electron chi connectivity index (χ4n) is 3.81. The Balaban J connectivity index is 1.47. The third kappa shape index (κ3) is 6.99. The van der Waals surface area contributed by atoms with Crippen LogP contribution < -0.4 is 10.6 Å². The highest BCUT2D eigenvalue weighted by atomic mass is 16.5. The van der Waals surface area contributed by atoms with E-state index >= 15 is 0 Å². The zero-order valence-corrected chi connectivity index (χ0v) is 18.4. The minimum Gasteiger partial charge on any atom is -0.381 e. The van der Waals surface area contributed by atoms with Crippen LogP contribution in [0.2, 0.25) is 0 Å². The molecule has 0 saturated carbocycles. The van der Waals surface area contributed by atoms with Crippen molar-refractivity contribution in [2.24, 2.45) is 4.99 Å². The molecular weight excluding hydrogens is 380 g/mol. The first-order valence-electron chi connectivity index (χ1n) is 11.3. The van der Waals surface area contributed by atoms with Crippen LogP contribution in [0.4, 0.5) is 0 Å². The van der Waals surface area contributed by atoms with E-state index in [1.807, 2.05) is 11.8 Å². The average molecular weight is 417 g/mol. The molecule has 0 bridgehead atoms. The zero-order chi connectivity index (χ0) is 21.2. The summed E-state index contributed by atoms with van der Waals surface area (Å²) in [5, 5.41) is 6.79. The Morgan fingerprint density at radius 3 is 2.60 bits per heavy atom. The molecule has 2 saturated heterocycles. The van der Waals surface area contributed by atoms with Crippen molar-refractivity contribution in [3.8, 4) is 0 Å². The first-order chi connectivity index (χ1) is 14.7. The molecule has 2 N–H and O–H groups in total. The molecule has 7 heteroatoms. The van der Waals surface area contributed by atoms with Gasteiger partial charge in [-0.2, -0.15) is 0 Å². The highest BCUT2D eigenvalue weighted by molar-refractivity contribution is 5.80. The van der Waals surface area contributed by atoms with E-state index in [1.165, 1.54) is 5.56 Å². The number of carbonyl (C=O) groups excluding carboxylic acids is 1. The molecule has 30 heavy (non-hydrogen) atoms. The molecule has 1 unspecified atom stereocenters. The van der Waals surface area contributed by atoms with E-state index in [0.717, 1.165) is 63.6 Å². The number of hydrogen-bond acceptors (Lipinski definition) is 4. The van der Waals surface area contributed by atoms with Crippen LogP contribution in [0.25, 0.3) is 0 Å². The second kappa shape index (κ2) is 11.9. The number of hydrogen-bond donors (Lipinski definition) is 2. The van der Waals surface area contributed by atoms with Gasteiger partial charge in [-0.15, -0.1) is 0 Å². The maximum Gasteiger partial charge on any atom is 0.222 e. The van der Waals surface area contributed by atoms with Gasteiger partial charge in [-0.25, -0.2) is 4.99 Å².